The van der Waals surface area contributed by atoms with Crippen LogP contribution in [-0.4, -0.2) is 19.5 Å². The van der Waals surface area contributed by atoms with Crippen LogP contribution in [-0.2, 0) is 12.8 Å². The van der Waals surface area contributed by atoms with Gasteiger partial charge in [-0.25, -0.2) is 9.97 Å². The van der Waals surface area contributed by atoms with Gasteiger partial charge in [0, 0.05) is 49.3 Å². The maximum absolute atomic E-state index is 5.10. The molecule has 0 atom stereocenters. The number of rotatable bonds is 4. The molecule has 4 aromatic heterocycles. The van der Waals surface area contributed by atoms with Crippen LogP contribution in [0.15, 0.2) is 170 Å². The van der Waals surface area contributed by atoms with E-state index in [1.807, 2.05) is 53.9 Å². The van der Waals surface area contributed by atoms with Gasteiger partial charge in [-0.2, -0.15) is 0 Å². The third kappa shape index (κ3) is 4.81. The number of pyridine rings is 1. The van der Waals surface area contributed by atoms with Crippen LogP contribution in [0.5, 0.6) is 0 Å². The van der Waals surface area contributed by atoms with E-state index in [1.165, 1.54) is 75.0 Å². The monoisotopic (exact) mass is 732 g/mol. The number of benzene rings is 7. The van der Waals surface area contributed by atoms with E-state index in [4.69, 9.17) is 9.97 Å². The summed E-state index contributed by atoms with van der Waals surface area (Å²) in [4.78, 5) is 14.7. The first-order chi connectivity index (χ1) is 27.7. The Morgan fingerprint density at radius 3 is 1.93 bits per heavy atom. The molecule has 0 aliphatic heterocycles. The summed E-state index contributed by atoms with van der Waals surface area (Å²) in [5.41, 5.74) is 13.9. The van der Waals surface area contributed by atoms with E-state index in [2.05, 4.69) is 137 Å². The lowest BCUT2D eigenvalue weighted by Gasteiger charge is -2.23. The largest absolute Gasteiger partial charge is 0.308 e. The zero-order valence-corrected chi connectivity index (χ0v) is 31.1. The van der Waals surface area contributed by atoms with Crippen LogP contribution in [0.4, 0.5) is 0 Å². The van der Waals surface area contributed by atoms with E-state index in [1.54, 1.807) is 0 Å². The van der Waals surface area contributed by atoms with Crippen molar-refractivity contribution >= 4 is 64.1 Å². The summed E-state index contributed by atoms with van der Waals surface area (Å²) in [5, 5.41) is 8.05. The van der Waals surface area contributed by atoms with Crippen LogP contribution in [0.25, 0.3) is 92.5 Å². The summed E-state index contributed by atoms with van der Waals surface area (Å²) in [5.74, 6) is 0.682. The number of hydrogen-bond donors (Lipinski definition) is 0. The molecule has 0 unspecified atom stereocenters. The quantitative estimate of drug-likeness (QED) is 0.181. The van der Waals surface area contributed by atoms with Gasteiger partial charge in [0.25, 0.3) is 0 Å². The smallest absolute Gasteiger partial charge is 0.160 e. The van der Waals surface area contributed by atoms with Crippen molar-refractivity contribution < 1.29 is 0 Å². The summed E-state index contributed by atoms with van der Waals surface area (Å²) >= 11 is 1.93. The molecule has 0 saturated carbocycles. The lowest BCUT2D eigenvalue weighted by Crippen LogP contribution is -2.09. The van der Waals surface area contributed by atoms with Gasteiger partial charge < -0.3 is 4.57 Å². The lowest BCUT2D eigenvalue weighted by molar-refractivity contribution is 1.03. The van der Waals surface area contributed by atoms with E-state index in [-0.39, 0.29) is 0 Å². The fourth-order valence-corrected chi connectivity index (χ4v) is 10.3. The van der Waals surface area contributed by atoms with Gasteiger partial charge in [0.1, 0.15) is 0 Å². The first-order valence-electron chi connectivity index (χ1n) is 19.1. The third-order valence-corrected chi connectivity index (χ3v) is 12.7. The second-order valence-corrected chi connectivity index (χ2v) is 15.8. The average Bonchev–Trinajstić information content (AvgIpc) is 3.83. The molecule has 4 nitrogen and oxygen atoms in total. The number of aromatic nitrogens is 4. The van der Waals surface area contributed by atoms with Gasteiger partial charge in [-0.1, -0.05) is 121 Å². The Balaban J connectivity index is 1.08. The predicted octanol–water partition coefficient (Wildman–Crippen LogP) is 13.0. The maximum Gasteiger partial charge on any atom is 0.160 e. The molecule has 0 spiro atoms. The molecule has 0 N–H and O–H groups in total. The van der Waals surface area contributed by atoms with Crippen molar-refractivity contribution in [1.29, 1.82) is 0 Å². The average molecular weight is 733 g/mol. The van der Waals surface area contributed by atoms with Gasteiger partial charge in [-0.15, -0.1) is 11.3 Å². The second-order valence-electron chi connectivity index (χ2n) is 14.7. The molecule has 11 aromatic rings. The number of thiophene rings is 1. The molecule has 0 amide bonds. The molecule has 7 aromatic carbocycles. The highest BCUT2D eigenvalue weighted by atomic mass is 32.1. The van der Waals surface area contributed by atoms with E-state index < -0.39 is 0 Å². The van der Waals surface area contributed by atoms with Crippen LogP contribution < -0.4 is 0 Å². The zero-order valence-electron chi connectivity index (χ0n) is 30.3. The van der Waals surface area contributed by atoms with Crippen LogP contribution >= 0.6 is 11.3 Å². The Bertz CT molecular complexity index is 3290. The molecule has 0 saturated heterocycles. The molecule has 1 aliphatic carbocycles. The minimum atomic E-state index is 0.682. The first-order valence-corrected chi connectivity index (χ1v) is 19.9. The second kappa shape index (κ2) is 12.3. The molecule has 12 rings (SSSR count). The molecule has 0 fully saturated rings. The number of nitrogens with zero attached hydrogens (tertiary/aromatic N) is 4. The summed E-state index contributed by atoms with van der Waals surface area (Å²) in [6.45, 7) is 0. The highest BCUT2D eigenvalue weighted by Crippen LogP contribution is 2.49. The van der Waals surface area contributed by atoms with Crippen LogP contribution in [0.2, 0.25) is 0 Å². The summed E-state index contributed by atoms with van der Waals surface area (Å²) in [7, 11) is 0. The van der Waals surface area contributed by atoms with Gasteiger partial charge in [0.05, 0.1) is 32.8 Å². The van der Waals surface area contributed by atoms with Gasteiger partial charge >= 0.3 is 0 Å². The number of fused-ring (bicyclic) bond motifs is 12. The van der Waals surface area contributed by atoms with Crippen molar-refractivity contribution in [3.8, 4) is 39.7 Å². The fraction of sp³-hybridized carbons (Fsp3) is 0.0392. The molecular formula is C51H32N4S. The Morgan fingerprint density at radius 2 is 1.16 bits per heavy atom. The molecule has 0 bridgehead atoms. The SMILES string of the molecule is c1ccc(-c2nc(-c3ccc(-n4c5ccccc5c5c6c(c7c8ccccc8sc7c54)Cc4cc5ccccc5cc4C6)cc3)cc(-c3ccccn3)n2)cc1. The normalized spacial score (nSPS) is 12.5. The van der Waals surface area contributed by atoms with Crippen molar-refractivity contribution in [2.75, 3.05) is 0 Å². The molecule has 262 valence electrons. The molecule has 1 aliphatic rings. The van der Waals surface area contributed by atoms with E-state index in [0.717, 1.165) is 46.7 Å². The lowest BCUT2D eigenvalue weighted by atomic mass is 9.81. The van der Waals surface area contributed by atoms with Gasteiger partial charge in [0.2, 0.25) is 0 Å². The van der Waals surface area contributed by atoms with Crippen molar-refractivity contribution in [2.24, 2.45) is 0 Å². The predicted molar refractivity (Wildman–Crippen MR) is 233 cm³/mol. The van der Waals surface area contributed by atoms with Crippen molar-refractivity contribution in [2.45, 2.75) is 12.8 Å². The first kappa shape index (κ1) is 31.4. The number of hydrogen-bond acceptors (Lipinski definition) is 4. The summed E-state index contributed by atoms with van der Waals surface area (Å²) < 4.78 is 5.19. The minimum Gasteiger partial charge on any atom is -0.308 e. The van der Waals surface area contributed by atoms with Gasteiger partial charge in [0.15, 0.2) is 5.82 Å². The summed E-state index contributed by atoms with van der Waals surface area (Å²) in [6.07, 6.45) is 3.65. The zero-order chi connectivity index (χ0) is 36.7. The standard InChI is InChI=1S/C51H32N4S/c1-2-12-32(13-3-1)51-53-43(30-44(54-51)42-18-10-11-25-52-42)31-21-23-37(24-22-31)55-45-19-8-6-16-38(45)47-40-28-35-26-33-14-4-5-15-34(33)27-36(35)29-41(40)48-39-17-7-9-20-46(39)56-50(48)49(47)55/h1-27,30H,28-29H2. The molecule has 0 radical (unpaired) electrons. The number of para-hydroxylation sites is 1. The summed E-state index contributed by atoms with van der Waals surface area (Å²) in [6, 6.07) is 58.7. The fourth-order valence-electron chi connectivity index (χ4n) is 9.02. The van der Waals surface area contributed by atoms with Crippen molar-refractivity contribution in [3.05, 3.63) is 192 Å². The minimum absolute atomic E-state index is 0.682. The van der Waals surface area contributed by atoms with E-state index >= 15 is 0 Å². The van der Waals surface area contributed by atoms with Crippen LogP contribution in [0, 0.1) is 0 Å². The highest BCUT2D eigenvalue weighted by Gasteiger charge is 2.28. The van der Waals surface area contributed by atoms with Crippen LogP contribution in [0.3, 0.4) is 0 Å². The van der Waals surface area contributed by atoms with Crippen molar-refractivity contribution in [3.63, 3.8) is 0 Å². The third-order valence-electron chi connectivity index (χ3n) is 11.6. The molecule has 4 heterocycles. The Kier molecular flexibility index (Phi) is 6.89. The van der Waals surface area contributed by atoms with E-state index in [9.17, 15) is 0 Å². The Labute approximate surface area is 327 Å². The van der Waals surface area contributed by atoms with Gasteiger partial charge in [-0.3, -0.25) is 4.98 Å². The Hall–Kier alpha value is -6.95. The highest BCUT2D eigenvalue weighted by molar-refractivity contribution is 7.26. The van der Waals surface area contributed by atoms with Crippen LogP contribution in [0.1, 0.15) is 22.3 Å². The van der Waals surface area contributed by atoms with Gasteiger partial charge in [-0.05, 0) is 88.3 Å². The van der Waals surface area contributed by atoms with E-state index in [0.29, 0.717) is 5.82 Å². The molecule has 56 heavy (non-hydrogen) atoms. The Morgan fingerprint density at radius 1 is 0.500 bits per heavy atom. The van der Waals surface area contributed by atoms with Crippen molar-refractivity contribution in [1.82, 2.24) is 19.5 Å². The molecular weight excluding hydrogens is 701 g/mol. The topological polar surface area (TPSA) is 43.6 Å². The maximum atomic E-state index is 5.10. The molecule has 5 heteroatoms.